The molecule has 0 radical (unpaired) electrons. The first-order chi connectivity index (χ1) is 9.75. The summed E-state index contributed by atoms with van der Waals surface area (Å²) in [6.45, 7) is 2.93. The lowest BCUT2D eigenvalue weighted by Crippen LogP contribution is -2.32. The molecule has 3 heteroatoms. The smallest absolute Gasteiger partial charge is 0.105 e. The van der Waals surface area contributed by atoms with Crippen LogP contribution in [0.15, 0.2) is 36.5 Å². The predicted molar refractivity (Wildman–Crippen MR) is 81.3 cm³/mol. The minimum atomic E-state index is 0.472. The van der Waals surface area contributed by atoms with Crippen molar-refractivity contribution in [3.63, 3.8) is 0 Å². The molecule has 1 saturated carbocycles. The Kier molecular flexibility index (Phi) is 3.88. The molecule has 1 fully saturated rings. The minimum absolute atomic E-state index is 0.472. The van der Waals surface area contributed by atoms with Crippen molar-refractivity contribution < 1.29 is 0 Å². The number of hydrogen-bond donors (Lipinski definition) is 1. The summed E-state index contributed by atoms with van der Waals surface area (Å²) in [7, 11) is 2.08. The van der Waals surface area contributed by atoms with Crippen LogP contribution in [0.25, 0.3) is 0 Å². The molecule has 0 spiro atoms. The summed E-state index contributed by atoms with van der Waals surface area (Å²) < 4.78 is 2.16. The quantitative estimate of drug-likeness (QED) is 0.902. The van der Waals surface area contributed by atoms with Gasteiger partial charge in [-0.15, -0.1) is 0 Å². The third kappa shape index (κ3) is 2.63. The molecule has 2 aromatic rings. The van der Waals surface area contributed by atoms with Crippen LogP contribution in [0.2, 0.25) is 0 Å². The van der Waals surface area contributed by atoms with Gasteiger partial charge < -0.3 is 9.88 Å². The minimum Gasteiger partial charge on any atom is -0.334 e. The lowest BCUT2D eigenvalue weighted by molar-refractivity contribution is 0.228. The molecular weight excluding hydrogens is 246 g/mol. The van der Waals surface area contributed by atoms with Crippen LogP contribution in [0, 0.1) is 12.8 Å². The van der Waals surface area contributed by atoms with Gasteiger partial charge in [0, 0.05) is 25.8 Å². The van der Waals surface area contributed by atoms with Crippen molar-refractivity contribution in [2.45, 2.75) is 38.8 Å². The molecule has 0 amide bonds. The zero-order valence-electron chi connectivity index (χ0n) is 12.3. The van der Waals surface area contributed by atoms with Gasteiger partial charge in [0.25, 0.3) is 0 Å². The third-order valence-electron chi connectivity index (χ3n) is 4.60. The molecule has 1 aliphatic carbocycles. The van der Waals surface area contributed by atoms with E-state index in [0.717, 1.165) is 18.3 Å². The number of aromatic nitrogens is 2. The van der Waals surface area contributed by atoms with Crippen LogP contribution in [0.1, 0.15) is 42.4 Å². The van der Waals surface area contributed by atoms with Crippen molar-refractivity contribution in [1.29, 1.82) is 0 Å². The van der Waals surface area contributed by atoms with Crippen LogP contribution in [-0.2, 0) is 13.6 Å². The topological polar surface area (TPSA) is 29.9 Å². The molecule has 1 N–H and O–H groups in total. The number of nitrogens with zero attached hydrogens (tertiary/aromatic N) is 2. The molecule has 1 heterocycles. The first-order valence-corrected chi connectivity index (χ1v) is 7.51. The van der Waals surface area contributed by atoms with Crippen molar-refractivity contribution in [2.24, 2.45) is 13.0 Å². The van der Waals surface area contributed by atoms with E-state index in [0.29, 0.717) is 6.04 Å². The number of imidazole rings is 1. The molecule has 20 heavy (non-hydrogen) atoms. The average Bonchev–Trinajstić information content (AvgIpc) is 2.74. The summed E-state index contributed by atoms with van der Waals surface area (Å²) in [6, 6.07) is 11.3. The molecule has 1 aromatic heterocycles. The van der Waals surface area contributed by atoms with Gasteiger partial charge in [0.2, 0.25) is 0 Å². The van der Waals surface area contributed by atoms with E-state index < -0.39 is 0 Å². The Bertz CT molecular complexity index is 555. The highest BCUT2D eigenvalue weighted by Gasteiger charge is 2.28. The van der Waals surface area contributed by atoms with Gasteiger partial charge in [-0.1, -0.05) is 36.8 Å². The second-order valence-corrected chi connectivity index (χ2v) is 5.82. The molecule has 3 nitrogen and oxygen atoms in total. The first kappa shape index (κ1) is 13.4. The fraction of sp³-hybridized carbons (Fsp3) is 0.471. The van der Waals surface area contributed by atoms with Crippen LogP contribution >= 0.6 is 0 Å². The van der Waals surface area contributed by atoms with Crippen molar-refractivity contribution in [3.05, 3.63) is 53.6 Å². The van der Waals surface area contributed by atoms with E-state index in [9.17, 15) is 0 Å². The van der Waals surface area contributed by atoms with Crippen molar-refractivity contribution in [1.82, 2.24) is 14.9 Å². The molecule has 106 valence electrons. The van der Waals surface area contributed by atoms with Gasteiger partial charge in [0.05, 0.1) is 5.69 Å². The van der Waals surface area contributed by atoms with Crippen LogP contribution in [0.4, 0.5) is 0 Å². The Morgan fingerprint density at radius 1 is 1.30 bits per heavy atom. The summed E-state index contributed by atoms with van der Waals surface area (Å²) in [5, 5.41) is 3.75. The Hall–Kier alpha value is -1.61. The van der Waals surface area contributed by atoms with E-state index in [1.807, 2.05) is 13.1 Å². The van der Waals surface area contributed by atoms with Gasteiger partial charge in [-0.3, -0.25) is 0 Å². The van der Waals surface area contributed by atoms with Crippen molar-refractivity contribution in [2.75, 3.05) is 0 Å². The van der Waals surface area contributed by atoms with Gasteiger partial charge in [0.1, 0.15) is 5.82 Å². The fourth-order valence-electron chi connectivity index (χ4n) is 2.92. The maximum Gasteiger partial charge on any atom is 0.105 e. The Labute approximate surface area is 121 Å². The largest absolute Gasteiger partial charge is 0.334 e. The number of hydrogen-bond acceptors (Lipinski definition) is 2. The second-order valence-electron chi connectivity index (χ2n) is 5.82. The molecule has 0 aliphatic heterocycles. The molecule has 0 saturated heterocycles. The summed E-state index contributed by atoms with van der Waals surface area (Å²) in [4.78, 5) is 4.37. The molecule has 1 atom stereocenters. The van der Waals surface area contributed by atoms with Gasteiger partial charge >= 0.3 is 0 Å². The highest BCUT2D eigenvalue weighted by molar-refractivity contribution is 5.20. The fourth-order valence-corrected chi connectivity index (χ4v) is 2.92. The van der Waals surface area contributed by atoms with Crippen LogP contribution in [0.5, 0.6) is 0 Å². The first-order valence-electron chi connectivity index (χ1n) is 7.51. The SMILES string of the molecule is Cc1ncc(CNC(c2ccccc2)C2CCC2)n1C. The standard InChI is InChI=1S/C17H23N3/c1-13-18-11-16(20(13)2)12-19-17(15-9-6-10-15)14-7-4-3-5-8-14/h3-5,7-8,11,15,17,19H,6,9-10,12H2,1-2H3. The maximum absolute atomic E-state index is 4.37. The Morgan fingerprint density at radius 2 is 2.05 bits per heavy atom. The highest BCUT2D eigenvalue weighted by atomic mass is 15.1. The van der Waals surface area contributed by atoms with E-state index in [-0.39, 0.29) is 0 Å². The number of benzene rings is 1. The van der Waals surface area contributed by atoms with E-state index in [4.69, 9.17) is 0 Å². The summed E-state index contributed by atoms with van der Waals surface area (Å²) in [5.74, 6) is 1.86. The normalized spacial score (nSPS) is 16.9. The lowest BCUT2D eigenvalue weighted by Gasteiger charge is -2.35. The molecule has 3 rings (SSSR count). The predicted octanol–water partition coefficient (Wildman–Crippen LogP) is 3.36. The highest BCUT2D eigenvalue weighted by Crippen LogP contribution is 2.37. The molecule has 1 unspecified atom stereocenters. The summed E-state index contributed by atoms with van der Waals surface area (Å²) in [5.41, 5.74) is 2.67. The molecule has 1 aromatic carbocycles. The van der Waals surface area contributed by atoms with Gasteiger partial charge in [-0.25, -0.2) is 4.98 Å². The monoisotopic (exact) mass is 269 g/mol. The van der Waals surface area contributed by atoms with Crippen molar-refractivity contribution in [3.8, 4) is 0 Å². The second kappa shape index (κ2) is 5.80. The molecule has 0 bridgehead atoms. The molecule has 1 aliphatic rings. The van der Waals surface area contributed by atoms with E-state index >= 15 is 0 Å². The third-order valence-corrected chi connectivity index (χ3v) is 4.60. The Morgan fingerprint density at radius 3 is 2.60 bits per heavy atom. The Balaban J connectivity index is 1.72. The summed E-state index contributed by atoms with van der Waals surface area (Å²) in [6.07, 6.45) is 6.04. The van der Waals surface area contributed by atoms with E-state index in [1.165, 1.54) is 30.5 Å². The van der Waals surface area contributed by atoms with E-state index in [2.05, 4.69) is 52.2 Å². The van der Waals surface area contributed by atoms with Crippen LogP contribution in [0.3, 0.4) is 0 Å². The number of nitrogens with one attached hydrogen (secondary N) is 1. The van der Waals surface area contributed by atoms with Gasteiger partial charge in [-0.2, -0.15) is 0 Å². The molecular formula is C17H23N3. The van der Waals surface area contributed by atoms with Crippen molar-refractivity contribution >= 4 is 0 Å². The maximum atomic E-state index is 4.37. The van der Waals surface area contributed by atoms with E-state index in [1.54, 1.807) is 0 Å². The van der Waals surface area contributed by atoms with Gasteiger partial charge in [0.15, 0.2) is 0 Å². The number of rotatable bonds is 5. The zero-order valence-corrected chi connectivity index (χ0v) is 12.3. The zero-order chi connectivity index (χ0) is 13.9. The number of aryl methyl sites for hydroxylation is 1. The summed E-state index contributed by atoms with van der Waals surface area (Å²) >= 11 is 0. The average molecular weight is 269 g/mol. The van der Waals surface area contributed by atoms with Gasteiger partial charge in [-0.05, 0) is 31.2 Å². The lowest BCUT2D eigenvalue weighted by atomic mass is 9.77. The van der Waals surface area contributed by atoms with Crippen LogP contribution < -0.4 is 5.32 Å². The van der Waals surface area contributed by atoms with Crippen LogP contribution in [-0.4, -0.2) is 9.55 Å².